The monoisotopic (exact) mass is 323 g/mol. The Bertz CT molecular complexity index is 729. The average Bonchev–Trinajstić information content (AvgIpc) is 2.89. The van der Waals surface area contributed by atoms with Crippen molar-refractivity contribution in [2.24, 2.45) is 16.5 Å². The second-order valence-corrected chi connectivity index (χ2v) is 7.78. The summed E-state index contributed by atoms with van der Waals surface area (Å²) in [6.45, 7) is 1.76. The summed E-state index contributed by atoms with van der Waals surface area (Å²) in [4.78, 5) is 15.8. The van der Waals surface area contributed by atoms with Gasteiger partial charge >= 0.3 is 0 Å². The van der Waals surface area contributed by atoms with Gasteiger partial charge in [-0.15, -0.1) is 0 Å². The molecule has 4 N–H and O–H groups in total. The maximum atomic E-state index is 12.1. The van der Waals surface area contributed by atoms with Gasteiger partial charge in [0.1, 0.15) is 0 Å². The number of hydrogen-bond acceptors (Lipinski definition) is 3. The quantitative estimate of drug-likeness (QED) is 0.645. The summed E-state index contributed by atoms with van der Waals surface area (Å²) in [6.07, 6.45) is 5.31. The Morgan fingerprint density at radius 1 is 1.23 bits per heavy atom. The van der Waals surface area contributed by atoms with Crippen LogP contribution in [0, 0.1) is 6.92 Å². The minimum Gasteiger partial charge on any atom is -0.370 e. The van der Waals surface area contributed by atoms with Gasteiger partial charge in [0.05, 0.1) is 4.90 Å². The normalized spacial score (nSPS) is 15.7. The Morgan fingerprint density at radius 3 is 2.32 bits per heavy atom. The average molecular weight is 323 g/mol. The Kier molecular flexibility index (Phi) is 4.55. The molecule has 120 valence electrons. The fourth-order valence-electron chi connectivity index (χ4n) is 3.00. The summed E-state index contributed by atoms with van der Waals surface area (Å²) in [5.41, 5.74) is 12.2. The number of amides is 1. The number of benzene rings is 1. The topological polar surface area (TPSA) is 116 Å². The van der Waals surface area contributed by atoms with E-state index in [1.807, 2.05) is 0 Å². The minimum atomic E-state index is -3.44. The minimum absolute atomic E-state index is 0.208. The zero-order chi connectivity index (χ0) is 16.5. The molecule has 0 aromatic heterocycles. The molecule has 0 heterocycles. The van der Waals surface area contributed by atoms with Crippen LogP contribution in [0.3, 0.4) is 0 Å². The molecule has 0 atom stereocenters. The molecule has 2 rings (SSSR count). The highest BCUT2D eigenvalue weighted by Gasteiger charge is 2.26. The number of carbonyl (C=O) groups is 1. The van der Waals surface area contributed by atoms with Crippen LogP contribution >= 0.6 is 0 Å². The van der Waals surface area contributed by atoms with E-state index in [1.54, 1.807) is 13.0 Å². The van der Waals surface area contributed by atoms with E-state index in [0.717, 1.165) is 37.5 Å². The van der Waals surface area contributed by atoms with Gasteiger partial charge < -0.3 is 11.5 Å². The van der Waals surface area contributed by atoms with Crippen LogP contribution in [0.4, 0.5) is 0 Å². The standard InChI is InChI=1S/C15H21N3O3S/c1-9-7-12(10-5-3-4-6-10)13(22(2,20)21)8-11(9)14(19)18-15(16)17/h7-8,10H,3-6H2,1-2H3,(H4,16,17,18,19). The predicted octanol–water partition coefficient (Wildman–Crippen LogP) is 1.47. The summed E-state index contributed by atoms with van der Waals surface area (Å²) in [5.74, 6) is -0.735. The molecular weight excluding hydrogens is 302 g/mol. The molecule has 1 saturated carbocycles. The molecule has 22 heavy (non-hydrogen) atoms. The number of rotatable bonds is 3. The number of nitrogens with two attached hydrogens (primary N) is 2. The number of nitrogens with zero attached hydrogens (tertiary/aromatic N) is 1. The second kappa shape index (κ2) is 6.08. The number of aliphatic imine (C=N–C) groups is 1. The van der Waals surface area contributed by atoms with Crippen LogP contribution < -0.4 is 11.5 Å². The predicted molar refractivity (Wildman–Crippen MR) is 85.6 cm³/mol. The van der Waals surface area contributed by atoms with Crippen molar-refractivity contribution in [3.63, 3.8) is 0 Å². The van der Waals surface area contributed by atoms with Crippen molar-refractivity contribution >= 4 is 21.7 Å². The maximum absolute atomic E-state index is 12.1. The molecule has 1 aromatic rings. The fourth-order valence-corrected chi connectivity index (χ4v) is 3.98. The van der Waals surface area contributed by atoms with Gasteiger partial charge in [-0.05, 0) is 42.9 Å². The van der Waals surface area contributed by atoms with Crippen molar-refractivity contribution < 1.29 is 13.2 Å². The van der Waals surface area contributed by atoms with Crippen LogP contribution in [-0.2, 0) is 9.84 Å². The molecule has 0 unspecified atom stereocenters. The van der Waals surface area contributed by atoms with Gasteiger partial charge in [0, 0.05) is 11.8 Å². The van der Waals surface area contributed by atoms with Crippen LogP contribution in [0.2, 0.25) is 0 Å². The highest BCUT2D eigenvalue weighted by Crippen LogP contribution is 2.38. The van der Waals surface area contributed by atoms with Gasteiger partial charge in [-0.3, -0.25) is 4.79 Å². The van der Waals surface area contributed by atoms with Crippen LogP contribution in [0.5, 0.6) is 0 Å². The third-order valence-electron chi connectivity index (χ3n) is 4.01. The molecule has 1 amide bonds. The van der Waals surface area contributed by atoms with Gasteiger partial charge in [-0.25, -0.2) is 8.42 Å². The van der Waals surface area contributed by atoms with E-state index in [2.05, 4.69) is 4.99 Å². The smallest absolute Gasteiger partial charge is 0.280 e. The van der Waals surface area contributed by atoms with Crippen molar-refractivity contribution in [1.82, 2.24) is 0 Å². The van der Waals surface area contributed by atoms with Gasteiger partial charge in [0.15, 0.2) is 15.8 Å². The molecular formula is C15H21N3O3S. The lowest BCUT2D eigenvalue weighted by molar-refractivity contribution is 0.100. The van der Waals surface area contributed by atoms with E-state index in [-0.39, 0.29) is 22.3 Å². The summed E-state index contributed by atoms with van der Waals surface area (Å²) < 4.78 is 24.2. The number of hydrogen-bond donors (Lipinski definition) is 2. The summed E-state index contributed by atoms with van der Waals surface area (Å²) in [7, 11) is -3.44. The molecule has 0 bridgehead atoms. The Balaban J connectivity index is 2.61. The SMILES string of the molecule is Cc1cc(C2CCCC2)c(S(C)(=O)=O)cc1C(=O)N=C(N)N. The van der Waals surface area contributed by atoms with Crippen molar-refractivity contribution in [3.05, 3.63) is 28.8 Å². The van der Waals surface area contributed by atoms with Crippen LogP contribution in [0.1, 0.15) is 53.1 Å². The van der Waals surface area contributed by atoms with Crippen LogP contribution in [0.15, 0.2) is 22.0 Å². The zero-order valence-corrected chi connectivity index (χ0v) is 13.6. The summed E-state index contributed by atoms with van der Waals surface area (Å²) in [6, 6.07) is 3.20. The molecule has 1 aliphatic carbocycles. The molecule has 7 heteroatoms. The van der Waals surface area contributed by atoms with E-state index in [0.29, 0.717) is 5.56 Å². The zero-order valence-electron chi connectivity index (χ0n) is 12.8. The van der Waals surface area contributed by atoms with Gasteiger partial charge in [0.25, 0.3) is 5.91 Å². The second-order valence-electron chi connectivity index (χ2n) is 5.80. The number of carbonyl (C=O) groups excluding carboxylic acids is 1. The molecule has 0 radical (unpaired) electrons. The van der Waals surface area contributed by atoms with Crippen molar-refractivity contribution in [3.8, 4) is 0 Å². The molecule has 1 aliphatic rings. The van der Waals surface area contributed by atoms with E-state index in [9.17, 15) is 13.2 Å². The maximum Gasteiger partial charge on any atom is 0.280 e. The van der Waals surface area contributed by atoms with Crippen LogP contribution in [0.25, 0.3) is 0 Å². The van der Waals surface area contributed by atoms with Crippen LogP contribution in [-0.4, -0.2) is 26.5 Å². The molecule has 0 aliphatic heterocycles. The fraction of sp³-hybridized carbons (Fsp3) is 0.467. The highest BCUT2D eigenvalue weighted by molar-refractivity contribution is 7.90. The van der Waals surface area contributed by atoms with Crippen molar-refractivity contribution in [1.29, 1.82) is 0 Å². The van der Waals surface area contributed by atoms with E-state index in [4.69, 9.17) is 11.5 Å². The lowest BCUT2D eigenvalue weighted by Gasteiger charge is -2.17. The Morgan fingerprint density at radius 2 is 1.82 bits per heavy atom. The molecule has 1 fully saturated rings. The van der Waals surface area contributed by atoms with E-state index in [1.165, 1.54) is 6.07 Å². The third-order valence-corrected chi connectivity index (χ3v) is 5.16. The Labute approximate surface area is 130 Å². The number of aryl methyl sites for hydroxylation is 1. The first-order chi connectivity index (χ1) is 10.2. The number of guanidine groups is 1. The molecule has 6 nitrogen and oxygen atoms in total. The van der Waals surface area contributed by atoms with Gasteiger partial charge in [-0.1, -0.05) is 18.9 Å². The largest absolute Gasteiger partial charge is 0.370 e. The molecule has 0 saturated heterocycles. The van der Waals surface area contributed by atoms with Crippen molar-refractivity contribution in [2.75, 3.05) is 6.26 Å². The highest BCUT2D eigenvalue weighted by atomic mass is 32.2. The first kappa shape index (κ1) is 16.5. The number of sulfone groups is 1. The lowest BCUT2D eigenvalue weighted by Crippen LogP contribution is -2.24. The van der Waals surface area contributed by atoms with E-state index >= 15 is 0 Å². The lowest BCUT2D eigenvalue weighted by atomic mass is 9.94. The first-order valence-electron chi connectivity index (χ1n) is 7.18. The molecule has 0 spiro atoms. The van der Waals surface area contributed by atoms with Gasteiger partial charge in [-0.2, -0.15) is 4.99 Å². The molecule has 1 aromatic carbocycles. The van der Waals surface area contributed by atoms with Crippen molar-refractivity contribution in [2.45, 2.75) is 43.4 Å². The van der Waals surface area contributed by atoms with Gasteiger partial charge in [0.2, 0.25) is 0 Å². The summed E-state index contributed by atoms with van der Waals surface area (Å²) in [5, 5.41) is 0. The third kappa shape index (κ3) is 3.47. The first-order valence-corrected chi connectivity index (χ1v) is 9.08. The summed E-state index contributed by atoms with van der Waals surface area (Å²) >= 11 is 0. The van der Waals surface area contributed by atoms with E-state index < -0.39 is 15.7 Å². The Hall–Kier alpha value is -1.89.